The first-order valence-electron chi connectivity index (χ1n) is 7.36. The van der Waals surface area contributed by atoms with Crippen LogP contribution in [-0.4, -0.2) is 51.9 Å². The van der Waals surface area contributed by atoms with Crippen molar-refractivity contribution in [3.8, 4) is 0 Å². The molecule has 0 saturated carbocycles. The minimum Gasteiger partial charge on any atom is -0.361 e. The quantitative estimate of drug-likeness (QED) is 0.847. The largest absolute Gasteiger partial charge is 0.361 e. The van der Waals surface area contributed by atoms with E-state index in [0.717, 1.165) is 0 Å². The van der Waals surface area contributed by atoms with E-state index < -0.39 is 0 Å². The van der Waals surface area contributed by atoms with Gasteiger partial charge in [0.2, 0.25) is 5.91 Å². The predicted molar refractivity (Wildman–Crippen MR) is 77.8 cm³/mol. The van der Waals surface area contributed by atoms with E-state index in [-0.39, 0.29) is 29.8 Å². The molecule has 0 bridgehead atoms. The van der Waals surface area contributed by atoms with Crippen molar-refractivity contribution in [1.29, 1.82) is 0 Å². The summed E-state index contributed by atoms with van der Waals surface area (Å²) in [5, 5.41) is 3.72. The molecule has 0 aromatic carbocycles. The van der Waals surface area contributed by atoms with E-state index in [1.807, 2.05) is 32.6 Å². The maximum absolute atomic E-state index is 12.5. The van der Waals surface area contributed by atoms with Crippen LogP contribution < -0.4 is 0 Å². The molecule has 1 saturated heterocycles. The molecule has 1 aliphatic heterocycles. The van der Waals surface area contributed by atoms with E-state index in [1.165, 1.54) is 0 Å². The van der Waals surface area contributed by atoms with Gasteiger partial charge in [-0.2, -0.15) is 0 Å². The summed E-state index contributed by atoms with van der Waals surface area (Å²) in [4.78, 5) is 28.1. The Morgan fingerprint density at radius 3 is 2.29 bits per heavy atom. The van der Waals surface area contributed by atoms with Crippen LogP contribution in [0.3, 0.4) is 0 Å². The van der Waals surface area contributed by atoms with Gasteiger partial charge in [0.25, 0.3) is 5.91 Å². The van der Waals surface area contributed by atoms with Crippen LogP contribution in [0.2, 0.25) is 0 Å². The zero-order valence-corrected chi connectivity index (χ0v) is 13.3. The standard InChI is InChI=1S/C15H23N3O3/c1-9(2)18(10(3)4)14(19)12-7-17(8-12)15(20)13-6-11(5)21-16-13/h6,9-10,12H,7-8H2,1-5H3. The molecule has 2 heterocycles. The third kappa shape index (κ3) is 3.09. The maximum Gasteiger partial charge on any atom is 0.276 e. The summed E-state index contributed by atoms with van der Waals surface area (Å²) >= 11 is 0. The highest BCUT2D eigenvalue weighted by Gasteiger charge is 2.40. The highest BCUT2D eigenvalue weighted by molar-refractivity contribution is 5.94. The Morgan fingerprint density at radius 1 is 1.29 bits per heavy atom. The topological polar surface area (TPSA) is 66.7 Å². The van der Waals surface area contributed by atoms with Crippen LogP contribution in [0.15, 0.2) is 10.6 Å². The van der Waals surface area contributed by atoms with E-state index in [1.54, 1.807) is 17.9 Å². The Kier molecular flexibility index (Phi) is 4.34. The summed E-state index contributed by atoms with van der Waals surface area (Å²) in [6, 6.07) is 1.95. The van der Waals surface area contributed by atoms with Crippen molar-refractivity contribution >= 4 is 11.8 Å². The third-order valence-corrected chi connectivity index (χ3v) is 3.73. The number of hydrogen-bond donors (Lipinski definition) is 0. The van der Waals surface area contributed by atoms with Gasteiger partial charge in [0, 0.05) is 31.2 Å². The van der Waals surface area contributed by atoms with E-state index in [0.29, 0.717) is 24.5 Å². The van der Waals surface area contributed by atoms with Crippen LogP contribution >= 0.6 is 0 Å². The van der Waals surface area contributed by atoms with Gasteiger partial charge in [0.05, 0.1) is 5.92 Å². The molecule has 6 heteroatoms. The number of carbonyl (C=O) groups is 2. The molecule has 116 valence electrons. The van der Waals surface area contributed by atoms with Crippen LogP contribution in [-0.2, 0) is 4.79 Å². The van der Waals surface area contributed by atoms with Crippen molar-refractivity contribution in [2.75, 3.05) is 13.1 Å². The third-order valence-electron chi connectivity index (χ3n) is 3.73. The van der Waals surface area contributed by atoms with Crippen molar-refractivity contribution < 1.29 is 14.1 Å². The number of carbonyl (C=O) groups excluding carboxylic acids is 2. The van der Waals surface area contributed by atoms with E-state index in [9.17, 15) is 9.59 Å². The fourth-order valence-electron chi connectivity index (χ4n) is 2.75. The van der Waals surface area contributed by atoms with Gasteiger partial charge in [0.1, 0.15) is 5.76 Å². The first-order valence-corrected chi connectivity index (χ1v) is 7.36. The minimum atomic E-state index is -0.170. The van der Waals surface area contributed by atoms with Crippen molar-refractivity contribution in [3.63, 3.8) is 0 Å². The van der Waals surface area contributed by atoms with Gasteiger partial charge in [-0.1, -0.05) is 5.16 Å². The fourth-order valence-corrected chi connectivity index (χ4v) is 2.75. The van der Waals surface area contributed by atoms with Gasteiger partial charge in [0.15, 0.2) is 5.69 Å². The first kappa shape index (κ1) is 15.5. The average molecular weight is 293 g/mol. The van der Waals surface area contributed by atoms with Crippen molar-refractivity contribution in [2.45, 2.75) is 46.7 Å². The minimum absolute atomic E-state index is 0.105. The molecule has 21 heavy (non-hydrogen) atoms. The lowest BCUT2D eigenvalue weighted by Gasteiger charge is -2.42. The lowest BCUT2D eigenvalue weighted by atomic mass is 9.96. The second kappa shape index (κ2) is 5.87. The summed E-state index contributed by atoms with van der Waals surface area (Å²) < 4.78 is 4.91. The molecule has 6 nitrogen and oxygen atoms in total. The Hall–Kier alpha value is -1.85. The zero-order chi connectivity index (χ0) is 15.7. The number of nitrogens with zero attached hydrogens (tertiary/aromatic N) is 3. The van der Waals surface area contributed by atoms with Gasteiger partial charge in [-0.3, -0.25) is 9.59 Å². The number of hydrogen-bond acceptors (Lipinski definition) is 4. The molecule has 0 radical (unpaired) electrons. The van der Waals surface area contributed by atoms with E-state index in [4.69, 9.17) is 4.52 Å². The number of aromatic nitrogens is 1. The fraction of sp³-hybridized carbons (Fsp3) is 0.667. The Morgan fingerprint density at radius 2 is 1.86 bits per heavy atom. The number of amides is 2. The normalized spacial score (nSPS) is 15.5. The second-order valence-electron chi connectivity index (χ2n) is 6.16. The Balaban J connectivity index is 1.94. The van der Waals surface area contributed by atoms with Gasteiger partial charge >= 0.3 is 0 Å². The van der Waals surface area contributed by atoms with Crippen LogP contribution in [0, 0.1) is 12.8 Å². The smallest absolute Gasteiger partial charge is 0.276 e. The summed E-state index contributed by atoms with van der Waals surface area (Å²) in [5.74, 6) is 0.459. The van der Waals surface area contributed by atoms with Crippen LogP contribution in [0.1, 0.15) is 43.9 Å². The van der Waals surface area contributed by atoms with Crippen LogP contribution in [0.25, 0.3) is 0 Å². The summed E-state index contributed by atoms with van der Waals surface area (Å²) in [6.07, 6.45) is 0. The molecule has 0 aliphatic carbocycles. The molecular formula is C15H23N3O3. The van der Waals surface area contributed by atoms with Crippen molar-refractivity contribution in [3.05, 3.63) is 17.5 Å². The molecule has 1 aromatic heterocycles. The highest BCUT2D eigenvalue weighted by Crippen LogP contribution is 2.22. The van der Waals surface area contributed by atoms with E-state index in [2.05, 4.69) is 5.16 Å². The van der Waals surface area contributed by atoms with Gasteiger partial charge in [-0.25, -0.2) is 0 Å². The van der Waals surface area contributed by atoms with Crippen molar-refractivity contribution in [2.24, 2.45) is 5.92 Å². The number of rotatable bonds is 4. The van der Waals surface area contributed by atoms with Gasteiger partial charge in [-0.05, 0) is 34.6 Å². The zero-order valence-electron chi connectivity index (χ0n) is 13.3. The number of likely N-dealkylation sites (tertiary alicyclic amines) is 1. The summed E-state index contributed by atoms with van der Waals surface area (Å²) in [7, 11) is 0. The molecular weight excluding hydrogens is 270 g/mol. The molecule has 2 amide bonds. The predicted octanol–water partition coefficient (Wildman–Crippen LogP) is 1.70. The number of aryl methyl sites for hydroxylation is 1. The molecule has 0 spiro atoms. The average Bonchev–Trinajstić information content (AvgIpc) is 2.72. The lowest BCUT2D eigenvalue weighted by molar-refractivity contribution is -0.143. The van der Waals surface area contributed by atoms with Gasteiger partial charge < -0.3 is 14.3 Å². The Bertz CT molecular complexity index is 522. The summed E-state index contributed by atoms with van der Waals surface area (Å²) in [6.45, 7) is 10.7. The molecule has 0 unspecified atom stereocenters. The van der Waals surface area contributed by atoms with Crippen molar-refractivity contribution in [1.82, 2.24) is 15.0 Å². The summed E-state index contributed by atoms with van der Waals surface area (Å²) in [5.41, 5.74) is 0.308. The Labute approximate surface area is 125 Å². The monoisotopic (exact) mass is 293 g/mol. The molecule has 0 atom stereocenters. The van der Waals surface area contributed by atoms with Crippen LogP contribution in [0.5, 0.6) is 0 Å². The highest BCUT2D eigenvalue weighted by atomic mass is 16.5. The SMILES string of the molecule is Cc1cc(C(=O)N2CC(C(=O)N(C(C)C)C(C)C)C2)no1. The van der Waals surface area contributed by atoms with Gasteiger partial charge in [-0.15, -0.1) is 0 Å². The maximum atomic E-state index is 12.5. The first-order chi connectivity index (χ1) is 9.81. The molecule has 1 fully saturated rings. The second-order valence-corrected chi connectivity index (χ2v) is 6.16. The molecule has 1 aromatic rings. The molecule has 0 N–H and O–H groups in total. The lowest BCUT2D eigenvalue weighted by Crippen LogP contribution is -2.58. The van der Waals surface area contributed by atoms with Crippen LogP contribution in [0.4, 0.5) is 0 Å². The molecule has 2 rings (SSSR count). The molecule has 1 aliphatic rings. The van der Waals surface area contributed by atoms with E-state index >= 15 is 0 Å².